The van der Waals surface area contributed by atoms with Crippen molar-refractivity contribution in [2.75, 3.05) is 13.6 Å². The van der Waals surface area contributed by atoms with Crippen LogP contribution in [0.2, 0.25) is 0 Å². The molecule has 0 radical (unpaired) electrons. The topological polar surface area (TPSA) is 88.5 Å². The van der Waals surface area contributed by atoms with Gasteiger partial charge in [-0.25, -0.2) is 4.39 Å². The molecule has 4 rings (SSSR count). The molecule has 0 saturated heterocycles. The van der Waals surface area contributed by atoms with E-state index in [9.17, 15) is 23.6 Å². The zero-order chi connectivity index (χ0) is 20.0. The number of nitrogens with zero attached hydrogens (tertiary/aromatic N) is 2. The summed E-state index contributed by atoms with van der Waals surface area (Å²) < 4.78 is 14.8. The summed E-state index contributed by atoms with van der Waals surface area (Å²) in [5.41, 5.74) is 0.230. The molecule has 0 fully saturated rings. The number of hydrogen-bond acceptors (Lipinski definition) is 4. The number of carbonyl (C=O) groups excluding carboxylic acids is 3. The minimum absolute atomic E-state index is 0.0403. The van der Waals surface area contributed by atoms with Crippen LogP contribution in [0, 0.1) is 5.82 Å². The quantitative estimate of drug-likeness (QED) is 0.806. The van der Waals surface area contributed by atoms with Crippen molar-refractivity contribution in [3.63, 3.8) is 0 Å². The molecule has 7 nitrogen and oxygen atoms in total. The summed E-state index contributed by atoms with van der Waals surface area (Å²) in [6, 6.07) is 5.72. The molecule has 2 aliphatic heterocycles. The second-order valence-electron chi connectivity index (χ2n) is 6.98. The Bertz CT molecular complexity index is 1060. The maximum atomic E-state index is 13.1. The van der Waals surface area contributed by atoms with E-state index >= 15 is 0 Å². The molecule has 0 saturated carbocycles. The summed E-state index contributed by atoms with van der Waals surface area (Å²) in [7, 11) is 1.42. The minimum atomic E-state index is -0.715. The van der Waals surface area contributed by atoms with Gasteiger partial charge in [-0.1, -0.05) is 12.1 Å². The Morgan fingerprint density at radius 3 is 2.64 bits per heavy atom. The number of halogens is 1. The largest absolute Gasteiger partial charge is 0.355 e. The first-order valence-corrected chi connectivity index (χ1v) is 8.98. The van der Waals surface area contributed by atoms with E-state index in [1.54, 1.807) is 21.6 Å². The number of rotatable bonds is 4. The first-order valence-electron chi connectivity index (χ1n) is 8.98. The average Bonchev–Trinajstić information content (AvgIpc) is 3.10. The predicted octanol–water partition coefficient (Wildman–Crippen LogP) is 1.30. The van der Waals surface area contributed by atoms with Gasteiger partial charge < -0.3 is 14.8 Å². The number of pyridine rings is 1. The van der Waals surface area contributed by atoms with Crippen LogP contribution in [0.1, 0.15) is 54.9 Å². The molecule has 2 amide bonds. The Morgan fingerprint density at radius 2 is 2.00 bits per heavy atom. The molecule has 3 heterocycles. The summed E-state index contributed by atoms with van der Waals surface area (Å²) in [5.74, 6) is -1.36. The van der Waals surface area contributed by atoms with Crippen molar-refractivity contribution in [2.45, 2.75) is 25.4 Å². The van der Waals surface area contributed by atoms with Crippen molar-refractivity contribution < 1.29 is 18.8 Å². The van der Waals surface area contributed by atoms with Crippen molar-refractivity contribution in [1.29, 1.82) is 0 Å². The van der Waals surface area contributed by atoms with Gasteiger partial charge in [0, 0.05) is 25.8 Å². The fourth-order valence-corrected chi connectivity index (χ4v) is 4.13. The van der Waals surface area contributed by atoms with Crippen LogP contribution in [0.4, 0.5) is 4.39 Å². The normalized spacial score (nSPS) is 17.4. The van der Waals surface area contributed by atoms with Crippen molar-refractivity contribution in [3.05, 3.63) is 68.4 Å². The summed E-state index contributed by atoms with van der Waals surface area (Å²) in [6.07, 6.45) is 1.49. The number of amides is 2. The highest BCUT2D eigenvalue weighted by molar-refractivity contribution is 6.04. The third-order valence-electron chi connectivity index (χ3n) is 5.41. The highest BCUT2D eigenvalue weighted by Crippen LogP contribution is 2.35. The number of nitrogens with one attached hydrogen (secondary N) is 1. The second kappa shape index (κ2) is 6.70. The first-order chi connectivity index (χ1) is 13.5. The Labute approximate surface area is 159 Å². The first kappa shape index (κ1) is 18.1. The van der Waals surface area contributed by atoms with Gasteiger partial charge >= 0.3 is 0 Å². The Morgan fingerprint density at radius 1 is 1.29 bits per heavy atom. The van der Waals surface area contributed by atoms with Gasteiger partial charge in [0.15, 0.2) is 6.29 Å². The SMILES string of the molecule is CNC(=O)c1c2n3c(c(C=O)c1=O)C(=O)N(Cc1ccc(F)cc1)CC3CC2. The highest BCUT2D eigenvalue weighted by atomic mass is 19.1. The van der Waals surface area contributed by atoms with Crippen molar-refractivity contribution in [2.24, 2.45) is 0 Å². The van der Waals surface area contributed by atoms with Crippen molar-refractivity contribution >= 4 is 18.1 Å². The summed E-state index contributed by atoms with van der Waals surface area (Å²) in [5, 5.41) is 2.44. The van der Waals surface area contributed by atoms with Gasteiger partial charge in [-0.2, -0.15) is 0 Å². The molecule has 1 atom stereocenters. The molecule has 1 N–H and O–H groups in total. The number of hydrogen-bond donors (Lipinski definition) is 1. The van der Waals surface area contributed by atoms with Gasteiger partial charge in [0.05, 0.1) is 11.6 Å². The summed E-state index contributed by atoms with van der Waals surface area (Å²) in [4.78, 5) is 51.4. The zero-order valence-corrected chi connectivity index (χ0v) is 15.2. The lowest BCUT2D eigenvalue weighted by Gasteiger charge is -2.35. The van der Waals surface area contributed by atoms with Crippen LogP contribution in [0.15, 0.2) is 29.1 Å². The van der Waals surface area contributed by atoms with Crippen LogP contribution in [-0.4, -0.2) is 41.2 Å². The zero-order valence-electron chi connectivity index (χ0n) is 15.2. The van der Waals surface area contributed by atoms with Crippen LogP contribution < -0.4 is 10.7 Å². The van der Waals surface area contributed by atoms with Crippen molar-refractivity contribution in [3.8, 4) is 0 Å². The molecule has 2 aromatic rings. The van der Waals surface area contributed by atoms with E-state index in [1.165, 1.54) is 19.2 Å². The Kier molecular flexibility index (Phi) is 4.33. The van der Waals surface area contributed by atoms with Gasteiger partial charge in [-0.05, 0) is 30.5 Å². The molecular weight excluding hydrogens is 365 g/mol. The molecule has 0 bridgehead atoms. The molecule has 1 aromatic heterocycles. The minimum Gasteiger partial charge on any atom is -0.355 e. The van der Waals surface area contributed by atoms with Crippen LogP contribution in [-0.2, 0) is 13.0 Å². The third kappa shape index (κ3) is 2.64. The molecule has 144 valence electrons. The monoisotopic (exact) mass is 383 g/mol. The van der Waals surface area contributed by atoms with Gasteiger partial charge in [-0.15, -0.1) is 0 Å². The van der Waals surface area contributed by atoms with Crippen LogP contribution in [0.25, 0.3) is 0 Å². The van der Waals surface area contributed by atoms with Crippen LogP contribution in [0.5, 0.6) is 0 Å². The lowest BCUT2D eigenvalue weighted by molar-refractivity contribution is 0.0652. The van der Waals surface area contributed by atoms with E-state index in [-0.39, 0.29) is 35.2 Å². The molecule has 8 heteroatoms. The number of carbonyl (C=O) groups is 3. The summed E-state index contributed by atoms with van der Waals surface area (Å²) >= 11 is 0. The standard InChI is InChI=1S/C20H18FN3O4/c1-22-19(27)16-15-7-6-13-9-23(8-11-2-4-12(21)5-3-11)20(28)17(24(13)15)14(10-25)18(16)26/h2-5,10,13H,6-9H2,1H3,(H,22,27). The lowest BCUT2D eigenvalue weighted by Crippen LogP contribution is -2.45. The second-order valence-corrected chi connectivity index (χ2v) is 6.98. The molecule has 2 aliphatic rings. The summed E-state index contributed by atoms with van der Waals surface area (Å²) in [6.45, 7) is 0.638. The Hall–Kier alpha value is -3.29. The maximum absolute atomic E-state index is 13.1. The van der Waals surface area contributed by atoms with E-state index in [1.807, 2.05) is 0 Å². The van der Waals surface area contributed by atoms with E-state index in [0.29, 0.717) is 31.4 Å². The third-order valence-corrected chi connectivity index (χ3v) is 5.41. The molecule has 0 aliphatic carbocycles. The molecular formula is C20H18FN3O4. The molecule has 1 unspecified atom stereocenters. The Balaban J connectivity index is 1.83. The highest BCUT2D eigenvalue weighted by Gasteiger charge is 2.40. The fraction of sp³-hybridized carbons (Fsp3) is 0.300. The van der Waals surface area contributed by atoms with E-state index in [0.717, 1.165) is 5.56 Å². The average molecular weight is 383 g/mol. The molecule has 28 heavy (non-hydrogen) atoms. The van der Waals surface area contributed by atoms with Gasteiger partial charge in [-0.3, -0.25) is 19.2 Å². The van der Waals surface area contributed by atoms with E-state index in [2.05, 4.69) is 5.32 Å². The lowest BCUT2D eigenvalue weighted by atomic mass is 10.0. The van der Waals surface area contributed by atoms with Gasteiger partial charge in [0.1, 0.15) is 17.1 Å². The number of aldehydes is 1. The molecule has 0 spiro atoms. The number of benzene rings is 1. The van der Waals surface area contributed by atoms with Gasteiger partial charge in [0.2, 0.25) is 5.43 Å². The van der Waals surface area contributed by atoms with Crippen LogP contribution in [0.3, 0.4) is 0 Å². The van der Waals surface area contributed by atoms with E-state index < -0.39 is 17.2 Å². The van der Waals surface area contributed by atoms with Crippen molar-refractivity contribution in [1.82, 2.24) is 14.8 Å². The predicted molar refractivity (Wildman–Crippen MR) is 98.0 cm³/mol. The van der Waals surface area contributed by atoms with E-state index in [4.69, 9.17) is 0 Å². The molecule has 1 aromatic carbocycles. The smallest absolute Gasteiger partial charge is 0.271 e. The number of aromatic nitrogens is 1. The maximum Gasteiger partial charge on any atom is 0.271 e. The van der Waals surface area contributed by atoms with Crippen LogP contribution >= 0.6 is 0 Å². The fourth-order valence-electron chi connectivity index (χ4n) is 4.13. The van der Waals surface area contributed by atoms with Gasteiger partial charge in [0.25, 0.3) is 11.8 Å².